The summed E-state index contributed by atoms with van der Waals surface area (Å²) in [7, 11) is 0. The largest absolute Gasteiger partial charge is 0.506 e. The third kappa shape index (κ3) is 4.35. The van der Waals surface area contributed by atoms with Crippen molar-refractivity contribution in [2.24, 2.45) is 5.10 Å². The first-order valence-electron chi connectivity index (χ1n) is 6.19. The Kier molecular flexibility index (Phi) is 5.16. The van der Waals surface area contributed by atoms with Crippen molar-refractivity contribution in [3.8, 4) is 5.75 Å². The van der Waals surface area contributed by atoms with E-state index in [2.05, 4.69) is 31.4 Å². The van der Waals surface area contributed by atoms with Gasteiger partial charge in [0.25, 0.3) is 0 Å². The Morgan fingerprint density at radius 1 is 1.35 bits per heavy atom. The molecule has 0 saturated heterocycles. The van der Waals surface area contributed by atoms with Crippen molar-refractivity contribution in [1.29, 1.82) is 0 Å². The van der Waals surface area contributed by atoms with Crippen LogP contribution in [0.2, 0.25) is 5.02 Å². The highest BCUT2D eigenvalue weighted by Gasteiger charge is 2.31. The molecule has 0 atom stereocenters. The lowest BCUT2D eigenvalue weighted by molar-refractivity contribution is -0.137. The average Bonchev–Trinajstić information content (AvgIpc) is 2.44. The molecule has 0 saturated carbocycles. The Bertz CT molecular complexity index is 766. The van der Waals surface area contributed by atoms with Crippen LogP contribution >= 0.6 is 27.5 Å². The van der Waals surface area contributed by atoms with Crippen molar-refractivity contribution >= 4 is 39.6 Å². The van der Waals surface area contributed by atoms with Crippen LogP contribution in [0.15, 0.2) is 34.0 Å². The number of halogens is 5. The van der Waals surface area contributed by atoms with Crippen LogP contribution in [0.3, 0.4) is 0 Å². The minimum absolute atomic E-state index is 0.0583. The summed E-state index contributed by atoms with van der Waals surface area (Å²) in [6, 6.07) is 3.97. The molecule has 0 fully saturated rings. The number of alkyl halides is 3. The summed E-state index contributed by atoms with van der Waals surface area (Å²) in [5.41, 5.74) is 2.32. The van der Waals surface area contributed by atoms with E-state index in [1.54, 1.807) is 0 Å². The van der Waals surface area contributed by atoms with Crippen LogP contribution in [-0.2, 0) is 6.18 Å². The summed E-state index contributed by atoms with van der Waals surface area (Å²) in [6.07, 6.45) is -2.44. The predicted molar refractivity (Wildman–Crippen MR) is 86.0 cm³/mol. The van der Waals surface area contributed by atoms with Crippen LogP contribution in [0.1, 0.15) is 16.7 Å². The van der Waals surface area contributed by atoms with E-state index < -0.39 is 11.7 Å². The van der Waals surface area contributed by atoms with Crippen molar-refractivity contribution in [1.82, 2.24) is 4.98 Å². The number of aromatic nitrogens is 1. The van der Waals surface area contributed by atoms with Gasteiger partial charge in [-0.25, -0.2) is 4.98 Å². The predicted octanol–water partition coefficient (Wildman–Crippen LogP) is 4.98. The maximum atomic E-state index is 12.6. The molecule has 0 aliphatic carbocycles. The molecule has 1 aromatic carbocycles. The molecule has 1 aromatic heterocycles. The van der Waals surface area contributed by atoms with Gasteiger partial charge in [-0.3, -0.25) is 5.43 Å². The zero-order chi connectivity index (χ0) is 17.2. The van der Waals surface area contributed by atoms with E-state index in [0.717, 1.165) is 12.3 Å². The second-order valence-corrected chi connectivity index (χ2v) is 5.87. The van der Waals surface area contributed by atoms with Gasteiger partial charge in [-0.1, -0.05) is 11.6 Å². The highest BCUT2D eigenvalue weighted by atomic mass is 79.9. The van der Waals surface area contributed by atoms with Crippen LogP contribution in [0.5, 0.6) is 5.75 Å². The Labute approximate surface area is 143 Å². The van der Waals surface area contributed by atoms with Gasteiger partial charge in [0.1, 0.15) is 11.6 Å². The smallest absolute Gasteiger partial charge is 0.417 e. The minimum atomic E-state index is -4.45. The zero-order valence-corrected chi connectivity index (χ0v) is 14.0. The van der Waals surface area contributed by atoms with Gasteiger partial charge in [0.15, 0.2) is 0 Å². The molecule has 0 aliphatic rings. The molecule has 122 valence electrons. The second kappa shape index (κ2) is 6.76. The number of rotatable bonds is 3. The number of aryl methyl sites for hydroxylation is 1. The highest BCUT2D eigenvalue weighted by molar-refractivity contribution is 9.10. The van der Waals surface area contributed by atoms with E-state index in [9.17, 15) is 18.3 Å². The van der Waals surface area contributed by atoms with Crippen molar-refractivity contribution < 1.29 is 18.3 Å². The number of nitrogens with one attached hydrogen (secondary N) is 1. The maximum Gasteiger partial charge on any atom is 0.417 e. The summed E-state index contributed by atoms with van der Waals surface area (Å²) < 4.78 is 38.1. The summed E-state index contributed by atoms with van der Waals surface area (Å²) in [5, 5.41) is 14.1. The fourth-order valence-corrected chi connectivity index (χ4v) is 2.53. The standard InChI is InChI=1S/C14H10BrClF3N3O/c1-7-2-9(14(17,18)19)6-20-13(7)22-21-5-8-3-10(16)4-11(15)12(8)23/h2-6,23H,1H3,(H,20,22)/b21-5+. The lowest BCUT2D eigenvalue weighted by atomic mass is 10.2. The zero-order valence-electron chi connectivity index (χ0n) is 11.6. The van der Waals surface area contributed by atoms with Crippen molar-refractivity contribution in [3.05, 3.63) is 50.6 Å². The molecule has 4 nitrogen and oxygen atoms in total. The van der Waals surface area contributed by atoms with Gasteiger partial charge < -0.3 is 5.11 Å². The molecule has 0 unspecified atom stereocenters. The summed E-state index contributed by atoms with van der Waals surface area (Å²) >= 11 is 9.00. The van der Waals surface area contributed by atoms with E-state index in [0.29, 0.717) is 15.1 Å². The van der Waals surface area contributed by atoms with E-state index >= 15 is 0 Å². The Morgan fingerprint density at radius 3 is 2.65 bits per heavy atom. The minimum Gasteiger partial charge on any atom is -0.506 e. The molecule has 2 N–H and O–H groups in total. The van der Waals surface area contributed by atoms with E-state index in [1.807, 2.05) is 0 Å². The molecule has 2 aromatic rings. The van der Waals surface area contributed by atoms with Crippen LogP contribution in [-0.4, -0.2) is 16.3 Å². The van der Waals surface area contributed by atoms with Crippen molar-refractivity contribution in [3.63, 3.8) is 0 Å². The summed E-state index contributed by atoms with van der Waals surface area (Å²) in [5.74, 6) is 0.117. The molecule has 0 amide bonds. The fourth-order valence-electron chi connectivity index (χ4n) is 1.69. The molecule has 0 radical (unpaired) electrons. The number of benzene rings is 1. The van der Waals surface area contributed by atoms with Crippen LogP contribution in [0.25, 0.3) is 0 Å². The number of hydrogen-bond donors (Lipinski definition) is 2. The summed E-state index contributed by atoms with van der Waals surface area (Å²) in [4.78, 5) is 3.69. The van der Waals surface area contributed by atoms with Gasteiger partial charge in [-0.2, -0.15) is 18.3 Å². The lowest BCUT2D eigenvalue weighted by Crippen LogP contribution is -2.07. The van der Waals surface area contributed by atoms with Gasteiger partial charge in [0, 0.05) is 16.8 Å². The number of phenolic OH excluding ortho intramolecular Hbond substituents is 1. The van der Waals surface area contributed by atoms with Crippen LogP contribution < -0.4 is 5.43 Å². The third-order valence-electron chi connectivity index (χ3n) is 2.84. The molecule has 2 rings (SSSR count). The van der Waals surface area contributed by atoms with E-state index in [-0.39, 0.29) is 17.1 Å². The normalized spacial score (nSPS) is 11.9. The van der Waals surface area contributed by atoms with Gasteiger partial charge >= 0.3 is 6.18 Å². The van der Waals surface area contributed by atoms with Gasteiger partial charge in [0.2, 0.25) is 0 Å². The first-order valence-corrected chi connectivity index (χ1v) is 7.36. The number of anilines is 1. The Morgan fingerprint density at radius 2 is 2.04 bits per heavy atom. The first kappa shape index (κ1) is 17.6. The Balaban J connectivity index is 2.18. The van der Waals surface area contributed by atoms with Crippen LogP contribution in [0.4, 0.5) is 19.0 Å². The van der Waals surface area contributed by atoms with E-state index in [4.69, 9.17) is 11.6 Å². The van der Waals surface area contributed by atoms with Gasteiger partial charge in [-0.15, -0.1) is 0 Å². The quantitative estimate of drug-likeness (QED) is 0.556. The molecule has 0 bridgehead atoms. The maximum absolute atomic E-state index is 12.6. The molecule has 9 heteroatoms. The number of phenols is 1. The fraction of sp³-hybridized carbons (Fsp3) is 0.143. The van der Waals surface area contributed by atoms with Gasteiger partial charge in [0.05, 0.1) is 16.3 Å². The van der Waals surface area contributed by atoms with Crippen molar-refractivity contribution in [2.45, 2.75) is 13.1 Å². The second-order valence-electron chi connectivity index (χ2n) is 4.58. The first-order chi connectivity index (χ1) is 10.7. The number of aromatic hydroxyl groups is 1. The summed E-state index contributed by atoms with van der Waals surface area (Å²) in [6.45, 7) is 1.48. The van der Waals surface area contributed by atoms with Gasteiger partial charge in [-0.05, 0) is 46.6 Å². The van der Waals surface area contributed by atoms with Crippen LogP contribution in [0, 0.1) is 6.92 Å². The monoisotopic (exact) mass is 407 g/mol. The SMILES string of the molecule is Cc1cc(C(F)(F)F)cnc1N/N=C/c1cc(Cl)cc(Br)c1O. The molecule has 0 aliphatic heterocycles. The van der Waals surface area contributed by atoms with E-state index in [1.165, 1.54) is 25.3 Å². The average molecular weight is 409 g/mol. The molecule has 1 heterocycles. The topological polar surface area (TPSA) is 57.5 Å². The number of pyridine rings is 1. The number of hydrazone groups is 1. The molecule has 0 spiro atoms. The third-order valence-corrected chi connectivity index (χ3v) is 3.66. The highest BCUT2D eigenvalue weighted by Crippen LogP contribution is 2.31. The number of hydrogen-bond acceptors (Lipinski definition) is 4. The molecular weight excluding hydrogens is 399 g/mol. The number of nitrogens with zero attached hydrogens (tertiary/aromatic N) is 2. The molecule has 23 heavy (non-hydrogen) atoms. The Hall–Kier alpha value is -1.80. The van der Waals surface area contributed by atoms with Crippen molar-refractivity contribution in [2.75, 3.05) is 5.43 Å². The lowest BCUT2D eigenvalue weighted by Gasteiger charge is -2.09. The molecular formula is C14H10BrClF3N3O.